The van der Waals surface area contributed by atoms with E-state index in [0.717, 1.165) is 50.5 Å². The number of fused-ring (bicyclic) bond motifs is 1. The minimum atomic E-state index is -0.527. The third-order valence-electron chi connectivity index (χ3n) is 4.68. The molecule has 0 saturated carbocycles. The molecular formula is C18H29N3O2S2. The summed E-state index contributed by atoms with van der Waals surface area (Å²) in [5.74, 6) is 2.13. The molecule has 1 aromatic carbocycles. The van der Waals surface area contributed by atoms with Gasteiger partial charge in [0.2, 0.25) is 0 Å². The second-order valence-electron chi connectivity index (χ2n) is 6.55. The summed E-state index contributed by atoms with van der Waals surface area (Å²) in [6.45, 7) is 4.38. The molecular weight excluding hydrogens is 354 g/mol. The average molecular weight is 384 g/mol. The van der Waals surface area contributed by atoms with E-state index in [-0.39, 0.29) is 19.5 Å². The smallest absolute Gasteiger partial charge is 0.317 e. The normalized spacial score (nSPS) is 19.3. The van der Waals surface area contributed by atoms with E-state index in [1.165, 1.54) is 11.1 Å². The van der Waals surface area contributed by atoms with Crippen molar-refractivity contribution >= 4 is 31.3 Å². The molecule has 0 bridgehead atoms. The SMILES string of the molecule is O=C(NC[C@H](O)CN1CCc2ccccc2C1)N1CCCSCC1.S. The molecule has 25 heavy (non-hydrogen) atoms. The minimum absolute atomic E-state index is 0. The molecule has 3 rings (SSSR count). The van der Waals surface area contributed by atoms with Crippen molar-refractivity contribution < 1.29 is 9.90 Å². The van der Waals surface area contributed by atoms with Gasteiger partial charge in [-0.2, -0.15) is 25.3 Å². The number of benzene rings is 1. The van der Waals surface area contributed by atoms with Crippen LogP contribution >= 0.6 is 25.3 Å². The molecule has 2 aliphatic rings. The van der Waals surface area contributed by atoms with Crippen LogP contribution in [0.15, 0.2) is 24.3 Å². The molecule has 7 heteroatoms. The number of carbonyl (C=O) groups is 1. The Bertz CT molecular complexity index is 551. The number of hydrogen-bond donors (Lipinski definition) is 2. The van der Waals surface area contributed by atoms with Gasteiger partial charge in [0.15, 0.2) is 0 Å². The largest absolute Gasteiger partial charge is 0.390 e. The van der Waals surface area contributed by atoms with Gasteiger partial charge in [-0.15, -0.1) is 0 Å². The predicted octanol–water partition coefficient (Wildman–Crippen LogP) is 1.67. The van der Waals surface area contributed by atoms with E-state index in [9.17, 15) is 9.90 Å². The molecule has 1 atom stereocenters. The maximum absolute atomic E-state index is 12.2. The van der Waals surface area contributed by atoms with E-state index in [1.54, 1.807) is 0 Å². The van der Waals surface area contributed by atoms with Gasteiger partial charge < -0.3 is 15.3 Å². The van der Waals surface area contributed by atoms with Gasteiger partial charge in [0.25, 0.3) is 0 Å². The summed E-state index contributed by atoms with van der Waals surface area (Å²) in [4.78, 5) is 16.3. The summed E-state index contributed by atoms with van der Waals surface area (Å²) >= 11 is 1.90. The second-order valence-corrected chi connectivity index (χ2v) is 7.77. The first kappa shape index (κ1) is 20.4. The molecule has 0 unspecified atom stereocenters. The number of aliphatic hydroxyl groups is 1. The Balaban J connectivity index is 0.00000225. The molecule has 1 aromatic rings. The zero-order valence-corrected chi connectivity index (χ0v) is 16.4. The first-order valence-corrected chi connectivity index (χ1v) is 9.95. The van der Waals surface area contributed by atoms with Crippen LogP contribution in [0.1, 0.15) is 17.5 Å². The lowest BCUT2D eigenvalue weighted by atomic mass is 10.00. The van der Waals surface area contributed by atoms with Crippen LogP contribution in [0.4, 0.5) is 4.79 Å². The molecule has 2 aliphatic heterocycles. The quantitative estimate of drug-likeness (QED) is 0.830. The van der Waals surface area contributed by atoms with E-state index in [2.05, 4.69) is 34.5 Å². The number of nitrogens with zero attached hydrogens (tertiary/aromatic N) is 2. The average Bonchev–Trinajstić information content (AvgIpc) is 2.89. The van der Waals surface area contributed by atoms with E-state index in [1.807, 2.05) is 16.7 Å². The minimum Gasteiger partial charge on any atom is -0.390 e. The zero-order valence-electron chi connectivity index (χ0n) is 14.6. The summed E-state index contributed by atoms with van der Waals surface area (Å²) < 4.78 is 0. The Hall–Kier alpha value is -0.890. The summed E-state index contributed by atoms with van der Waals surface area (Å²) in [5, 5.41) is 13.2. The lowest BCUT2D eigenvalue weighted by molar-refractivity contribution is 0.103. The van der Waals surface area contributed by atoms with E-state index in [4.69, 9.17) is 0 Å². The number of thioether (sulfide) groups is 1. The van der Waals surface area contributed by atoms with Crippen LogP contribution in [-0.4, -0.2) is 71.3 Å². The van der Waals surface area contributed by atoms with Crippen molar-refractivity contribution in [2.24, 2.45) is 0 Å². The maximum atomic E-state index is 12.2. The first-order chi connectivity index (χ1) is 11.7. The van der Waals surface area contributed by atoms with Crippen LogP contribution in [0.5, 0.6) is 0 Å². The van der Waals surface area contributed by atoms with Crippen LogP contribution < -0.4 is 5.32 Å². The summed E-state index contributed by atoms with van der Waals surface area (Å²) in [5.41, 5.74) is 2.76. The van der Waals surface area contributed by atoms with Crippen LogP contribution in [0, 0.1) is 0 Å². The molecule has 140 valence electrons. The number of amides is 2. The number of β-amino-alcohol motifs (C(OH)–C–C–N with tert-alkyl or cyclic N) is 1. The third kappa shape index (κ3) is 6.09. The lowest BCUT2D eigenvalue weighted by Gasteiger charge is -2.30. The van der Waals surface area contributed by atoms with Gasteiger partial charge in [-0.05, 0) is 29.7 Å². The van der Waals surface area contributed by atoms with Crippen molar-refractivity contribution in [3.05, 3.63) is 35.4 Å². The molecule has 1 saturated heterocycles. The molecule has 0 radical (unpaired) electrons. The predicted molar refractivity (Wildman–Crippen MR) is 109 cm³/mol. The van der Waals surface area contributed by atoms with Crippen molar-refractivity contribution in [2.45, 2.75) is 25.5 Å². The van der Waals surface area contributed by atoms with Crippen molar-refractivity contribution in [3.63, 3.8) is 0 Å². The first-order valence-electron chi connectivity index (χ1n) is 8.80. The van der Waals surface area contributed by atoms with Gasteiger partial charge in [0.05, 0.1) is 6.10 Å². The highest BCUT2D eigenvalue weighted by atomic mass is 32.2. The molecule has 2 N–H and O–H groups in total. The van der Waals surface area contributed by atoms with Gasteiger partial charge in [-0.3, -0.25) is 4.90 Å². The number of aliphatic hydroxyl groups excluding tert-OH is 1. The van der Waals surface area contributed by atoms with E-state index in [0.29, 0.717) is 13.1 Å². The fourth-order valence-corrected chi connectivity index (χ4v) is 4.23. The molecule has 0 aliphatic carbocycles. The van der Waals surface area contributed by atoms with Crippen molar-refractivity contribution in [1.29, 1.82) is 0 Å². The Kier molecular flexibility index (Phi) is 8.42. The van der Waals surface area contributed by atoms with Crippen LogP contribution in [0.25, 0.3) is 0 Å². The Morgan fingerprint density at radius 3 is 2.84 bits per heavy atom. The Morgan fingerprint density at radius 1 is 1.20 bits per heavy atom. The third-order valence-corrected chi connectivity index (χ3v) is 5.73. The second kappa shape index (κ2) is 10.3. The van der Waals surface area contributed by atoms with Crippen molar-refractivity contribution in [1.82, 2.24) is 15.1 Å². The number of nitrogens with one attached hydrogen (secondary N) is 1. The molecule has 0 aromatic heterocycles. The van der Waals surface area contributed by atoms with Gasteiger partial charge in [0.1, 0.15) is 0 Å². The number of urea groups is 1. The lowest BCUT2D eigenvalue weighted by Crippen LogP contribution is -2.46. The summed E-state index contributed by atoms with van der Waals surface area (Å²) in [7, 11) is 0. The highest BCUT2D eigenvalue weighted by Crippen LogP contribution is 2.18. The van der Waals surface area contributed by atoms with Crippen LogP contribution in [0.2, 0.25) is 0 Å². The van der Waals surface area contributed by atoms with Gasteiger partial charge >= 0.3 is 6.03 Å². The van der Waals surface area contributed by atoms with Gasteiger partial charge in [-0.25, -0.2) is 4.79 Å². The molecule has 2 amide bonds. The van der Waals surface area contributed by atoms with E-state index >= 15 is 0 Å². The zero-order chi connectivity index (χ0) is 16.8. The molecule has 2 heterocycles. The highest BCUT2D eigenvalue weighted by Gasteiger charge is 2.20. The van der Waals surface area contributed by atoms with Gasteiger partial charge in [-0.1, -0.05) is 24.3 Å². The van der Waals surface area contributed by atoms with Crippen LogP contribution in [0.3, 0.4) is 0 Å². The maximum Gasteiger partial charge on any atom is 0.317 e. The number of carbonyl (C=O) groups excluding carboxylic acids is 1. The van der Waals surface area contributed by atoms with E-state index < -0.39 is 6.10 Å². The fraction of sp³-hybridized carbons (Fsp3) is 0.611. The topological polar surface area (TPSA) is 55.8 Å². The molecule has 5 nitrogen and oxygen atoms in total. The Morgan fingerprint density at radius 2 is 2.00 bits per heavy atom. The standard InChI is InChI=1S/C18H27N3O2S.H2S/c22-17(12-19-18(23)21-7-3-10-24-11-9-21)14-20-8-6-15-4-1-2-5-16(15)13-20;/h1-2,4-5,17,22H,3,6-14H2,(H,19,23);1H2/t17-;/m0./s1. The van der Waals surface area contributed by atoms with Crippen molar-refractivity contribution in [2.75, 3.05) is 44.2 Å². The summed E-state index contributed by atoms with van der Waals surface area (Å²) in [6, 6.07) is 8.45. The molecule has 1 fully saturated rings. The monoisotopic (exact) mass is 383 g/mol. The fourth-order valence-electron chi connectivity index (χ4n) is 3.34. The number of hydrogen-bond acceptors (Lipinski definition) is 4. The summed E-state index contributed by atoms with van der Waals surface area (Å²) in [6.07, 6.45) is 1.55. The van der Waals surface area contributed by atoms with Gasteiger partial charge in [0, 0.05) is 45.0 Å². The van der Waals surface area contributed by atoms with Crippen LogP contribution in [-0.2, 0) is 13.0 Å². The Labute approximate surface area is 161 Å². The highest BCUT2D eigenvalue weighted by molar-refractivity contribution is 7.99. The molecule has 0 spiro atoms. The number of rotatable bonds is 4. The van der Waals surface area contributed by atoms with Crippen molar-refractivity contribution in [3.8, 4) is 0 Å².